The molecule has 1 atom stereocenters. The van der Waals surface area contributed by atoms with Crippen LogP contribution in [0, 0.1) is 0 Å². The highest BCUT2D eigenvalue weighted by molar-refractivity contribution is 7.12. The number of rotatable bonds is 6. The highest BCUT2D eigenvalue weighted by atomic mass is 32.1. The van der Waals surface area contributed by atoms with Gasteiger partial charge >= 0.3 is 0 Å². The van der Waals surface area contributed by atoms with Crippen molar-refractivity contribution in [1.29, 1.82) is 0 Å². The van der Waals surface area contributed by atoms with E-state index in [1.807, 2.05) is 18.2 Å². The topological polar surface area (TPSA) is 32.3 Å². The first-order valence-electron chi connectivity index (χ1n) is 6.30. The minimum absolute atomic E-state index is 0.0375. The van der Waals surface area contributed by atoms with Crippen molar-refractivity contribution in [2.75, 3.05) is 6.61 Å². The largest absolute Gasteiger partial charge is 0.394 e. The maximum Gasteiger partial charge on any atom is 0.0652 e. The molecule has 1 heterocycles. The molecule has 96 valence electrons. The van der Waals surface area contributed by atoms with Crippen molar-refractivity contribution in [3.8, 4) is 0 Å². The van der Waals surface area contributed by atoms with E-state index in [4.69, 9.17) is 0 Å². The zero-order chi connectivity index (χ0) is 12.8. The summed E-state index contributed by atoms with van der Waals surface area (Å²) in [5.41, 5.74) is 1.24. The molecule has 3 heteroatoms. The van der Waals surface area contributed by atoms with E-state index in [0.29, 0.717) is 0 Å². The first kappa shape index (κ1) is 13.3. The Hall–Kier alpha value is -1.16. The van der Waals surface area contributed by atoms with Crippen LogP contribution in [0.5, 0.6) is 0 Å². The molecule has 0 bridgehead atoms. The molecule has 0 radical (unpaired) electrons. The molecule has 2 N–H and O–H groups in total. The fourth-order valence-corrected chi connectivity index (χ4v) is 2.88. The van der Waals surface area contributed by atoms with E-state index in [1.54, 1.807) is 11.3 Å². The summed E-state index contributed by atoms with van der Waals surface area (Å²) < 4.78 is 0. The Morgan fingerprint density at radius 3 is 2.56 bits per heavy atom. The van der Waals surface area contributed by atoms with Gasteiger partial charge in [0.15, 0.2) is 0 Å². The lowest BCUT2D eigenvalue weighted by Crippen LogP contribution is -2.23. The van der Waals surface area contributed by atoms with Gasteiger partial charge in [0.1, 0.15) is 0 Å². The van der Waals surface area contributed by atoms with Gasteiger partial charge < -0.3 is 10.4 Å². The van der Waals surface area contributed by atoms with Crippen LogP contribution in [0.1, 0.15) is 28.3 Å². The van der Waals surface area contributed by atoms with Crippen molar-refractivity contribution in [3.63, 3.8) is 0 Å². The maximum atomic E-state index is 9.48. The van der Waals surface area contributed by atoms with Gasteiger partial charge in [0, 0.05) is 16.3 Å². The summed E-state index contributed by atoms with van der Waals surface area (Å²) in [4.78, 5) is 2.58. The number of hydrogen-bond acceptors (Lipinski definition) is 3. The van der Waals surface area contributed by atoms with Crippen molar-refractivity contribution in [1.82, 2.24) is 5.32 Å². The molecule has 1 unspecified atom stereocenters. The summed E-state index contributed by atoms with van der Waals surface area (Å²) in [5.74, 6) is 0. The zero-order valence-electron chi connectivity index (χ0n) is 10.6. The summed E-state index contributed by atoms with van der Waals surface area (Å²) in [6.45, 7) is 3.07. The van der Waals surface area contributed by atoms with Gasteiger partial charge in [-0.3, -0.25) is 0 Å². The van der Waals surface area contributed by atoms with Crippen LogP contribution >= 0.6 is 11.3 Å². The van der Waals surface area contributed by atoms with Gasteiger partial charge in [0.25, 0.3) is 0 Å². The lowest BCUT2D eigenvalue weighted by atomic mass is 10.2. The second kappa shape index (κ2) is 6.69. The second-order valence-electron chi connectivity index (χ2n) is 4.26. The monoisotopic (exact) mass is 261 g/mol. The van der Waals surface area contributed by atoms with E-state index in [-0.39, 0.29) is 12.6 Å². The summed E-state index contributed by atoms with van der Waals surface area (Å²) >= 11 is 1.78. The average Bonchev–Trinajstić information content (AvgIpc) is 2.89. The minimum Gasteiger partial charge on any atom is -0.394 e. The van der Waals surface area contributed by atoms with E-state index in [0.717, 1.165) is 13.0 Å². The Morgan fingerprint density at radius 1 is 1.17 bits per heavy atom. The van der Waals surface area contributed by atoms with Crippen LogP contribution in [0.25, 0.3) is 0 Å². The Bertz CT molecular complexity index is 466. The predicted molar refractivity (Wildman–Crippen MR) is 76.8 cm³/mol. The van der Waals surface area contributed by atoms with E-state index in [1.165, 1.54) is 15.3 Å². The quantitative estimate of drug-likeness (QED) is 0.837. The van der Waals surface area contributed by atoms with Gasteiger partial charge in [-0.05, 0) is 24.1 Å². The molecule has 2 nitrogen and oxygen atoms in total. The Morgan fingerprint density at radius 2 is 1.94 bits per heavy atom. The SMILES string of the molecule is CCc1ccc(C(CO)NCc2ccccc2)s1. The number of thiophene rings is 1. The van der Waals surface area contributed by atoms with Crippen molar-refractivity contribution in [2.45, 2.75) is 25.9 Å². The number of nitrogens with one attached hydrogen (secondary N) is 1. The molecule has 0 aliphatic heterocycles. The van der Waals surface area contributed by atoms with Crippen LogP contribution < -0.4 is 5.32 Å². The lowest BCUT2D eigenvalue weighted by molar-refractivity contribution is 0.245. The molecule has 2 aromatic rings. The van der Waals surface area contributed by atoms with Crippen molar-refractivity contribution in [2.24, 2.45) is 0 Å². The van der Waals surface area contributed by atoms with Gasteiger partial charge in [-0.2, -0.15) is 0 Å². The smallest absolute Gasteiger partial charge is 0.0652 e. The first-order chi connectivity index (χ1) is 8.83. The molecule has 2 rings (SSSR count). The molecule has 1 aromatic heterocycles. The molecule has 0 aliphatic carbocycles. The van der Waals surface area contributed by atoms with Crippen LogP contribution in [-0.2, 0) is 13.0 Å². The summed E-state index contributed by atoms with van der Waals surface area (Å²) in [6.07, 6.45) is 1.06. The van der Waals surface area contributed by atoms with E-state index >= 15 is 0 Å². The number of aliphatic hydroxyl groups excluding tert-OH is 1. The Balaban J connectivity index is 1.97. The van der Waals surface area contributed by atoms with Crippen LogP contribution in [0.2, 0.25) is 0 Å². The molecule has 0 saturated heterocycles. The summed E-state index contributed by atoms with van der Waals surface area (Å²) in [7, 11) is 0. The molecular weight excluding hydrogens is 242 g/mol. The minimum atomic E-state index is 0.0375. The fourth-order valence-electron chi connectivity index (χ4n) is 1.86. The van der Waals surface area contributed by atoms with Gasteiger partial charge in [-0.25, -0.2) is 0 Å². The van der Waals surface area contributed by atoms with Crippen LogP contribution in [0.15, 0.2) is 42.5 Å². The Labute approximate surface area is 112 Å². The average molecular weight is 261 g/mol. The molecular formula is C15H19NOS. The number of aliphatic hydroxyl groups is 1. The molecule has 0 amide bonds. The normalized spacial score (nSPS) is 12.6. The van der Waals surface area contributed by atoms with Gasteiger partial charge in [-0.1, -0.05) is 37.3 Å². The number of benzene rings is 1. The number of hydrogen-bond donors (Lipinski definition) is 2. The predicted octanol–water partition coefficient (Wildman–Crippen LogP) is 3.13. The fraction of sp³-hybridized carbons (Fsp3) is 0.333. The highest BCUT2D eigenvalue weighted by Gasteiger charge is 2.11. The summed E-state index contributed by atoms with van der Waals surface area (Å²) in [6, 6.07) is 14.6. The maximum absolute atomic E-state index is 9.48. The molecule has 18 heavy (non-hydrogen) atoms. The van der Waals surface area contributed by atoms with Gasteiger partial charge in [-0.15, -0.1) is 11.3 Å². The third-order valence-electron chi connectivity index (χ3n) is 2.95. The van der Waals surface area contributed by atoms with Gasteiger partial charge in [0.2, 0.25) is 0 Å². The standard InChI is InChI=1S/C15H19NOS/c1-2-13-8-9-15(18-13)14(11-17)16-10-12-6-4-3-5-7-12/h3-9,14,16-17H,2,10-11H2,1H3. The number of aryl methyl sites for hydroxylation is 1. The molecule has 0 saturated carbocycles. The third-order valence-corrected chi connectivity index (χ3v) is 4.30. The van der Waals surface area contributed by atoms with Crippen LogP contribution in [0.3, 0.4) is 0 Å². The van der Waals surface area contributed by atoms with E-state index in [2.05, 4.69) is 36.5 Å². The molecule has 0 spiro atoms. The second-order valence-corrected chi connectivity index (χ2v) is 5.46. The first-order valence-corrected chi connectivity index (χ1v) is 7.12. The van der Waals surface area contributed by atoms with Crippen molar-refractivity contribution in [3.05, 3.63) is 57.8 Å². The molecule has 1 aromatic carbocycles. The van der Waals surface area contributed by atoms with E-state index < -0.39 is 0 Å². The third kappa shape index (κ3) is 3.42. The van der Waals surface area contributed by atoms with E-state index in [9.17, 15) is 5.11 Å². The highest BCUT2D eigenvalue weighted by Crippen LogP contribution is 2.23. The Kier molecular flexibility index (Phi) is 4.93. The molecule has 0 fully saturated rings. The van der Waals surface area contributed by atoms with Crippen LogP contribution in [0.4, 0.5) is 0 Å². The lowest BCUT2D eigenvalue weighted by Gasteiger charge is -2.14. The van der Waals surface area contributed by atoms with Crippen molar-refractivity contribution >= 4 is 11.3 Å². The molecule has 0 aliphatic rings. The summed E-state index contributed by atoms with van der Waals surface area (Å²) in [5, 5.41) is 12.9. The van der Waals surface area contributed by atoms with Gasteiger partial charge in [0.05, 0.1) is 12.6 Å². The van der Waals surface area contributed by atoms with Crippen molar-refractivity contribution < 1.29 is 5.11 Å². The zero-order valence-corrected chi connectivity index (χ0v) is 11.4. The van der Waals surface area contributed by atoms with Crippen LogP contribution in [-0.4, -0.2) is 11.7 Å².